The number of carbonyl (C=O) groups is 1. The lowest BCUT2D eigenvalue weighted by Gasteiger charge is -2.33. The van der Waals surface area contributed by atoms with Gasteiger partial charge in [-0.3, -0.25) is 9.97 Å². The average Bonchev–Trinajstić information content (AvgIpc) is 3.87. The molecule has 0 spiro atoms. The van der Waals surface area contributed by atoms with Gasteiger partial charge in [0, 0.05) is 89.9 Å². The fourth-order valence-electron chi connectivity index (χ4n) is 11.1. The number of halogens is 1. The van der Waals surface area contributed by atoms with Gasteiger partial charge in [0.15, 0.2) is 0 Å². The number of nitrogen functional groups attached to an aromatic ring is 1. The SMILES string of the molecule is CC1CCC(n2c3cnccc3c3cnc(N)nc32)CC1.CC1CCC(n2c3cnccc3c3cnc(Nc4ccc5c(n4)C(C)CNC5)nc32)CC1.CC1CN(C(=O)OC(C)(C)C)Cc2ccc(Cl)nc21. The Morgan fingerprint density at radius 1 is 0.694 bits per heavy atom. The molecule has 2 aliphatic carbocycles. The Morgan fingerprint density at radius 2 is 1.28 bits per heavy atom. The summed E-state index contributed by atoms with van der Waals surface area (Å²) in [7, 11) is 0. The summed E-state index contributed by atoms with van der Waals surface area (Å²) >= 11 is 5.91. The second kappa shape index (κ2) is 20.5. The molecule has 2 saturated carbocycles. The zero-order chi connectivity index (χ0) is 50.3. The minimum Gasteiger partial charge on any atom is -0.444 e. The van der Waals surface area contributed by atoms with Crippen LogP contribution in [-0.2, 0) is 17.8 Å². The molecule has 16 nitrogen and oxygen atoms in total. The van der Waals surface area contributed by atoms with Crippen LogP contribution in [0.3, 0.4) is 0 Å². The topological polar surface area (TPSA) is 193 Å². The Labute approximate surface area is 426 Å². The van der Waals surface area contributed by atoms with Crippen LogP contribution in [0.5, 0.6) is 0 Å². The van der Waals surface area contributed by atoms with Crippen molar-refractivity contribution in [2.45, 2.75) is 142 Å². The largest absolute Gasteiger partial charge is 0.444 e. The van der Waals surface area contributed by atoms with Gasteiger partial charge in [0.1, 0.15) is 27.9 Å². The van der Waals surface area contributed by atoms with Gasteiger partial charge in [0.05, 0.1) is 41.4 Å². The molecule has 376 valence electrons. The summed E-state index contributed by atoms with van der Waals surface area (Å²) in [5.74, 6) is 3.91. The van der Waals surface area contributed by atoms with Gasteiger partial charge in [0.2, 0.25) is 11.9 Å². The number of anilines is 3. The quantitative estimate of drug-likeness (QED) is 0.141. The number of rotatable bonds is 4. The van der Waals surface area contributed by atoms with E-state index in [9.17, 15) is 4.79 Å². The van der Waals surface area contributed by atoms with E-state index in [1.165, 1.54) is 67.7 Å². The third-order valence-electron chi connectivity index (χ3n) is 14.9. The number of nitrogens with two attached hydrogens (primary N) is 1. The van der Waals surface area contributed by atoms with E-state index in [-0.39, 0.29) is 12.0 Å². The van der Waals surface area contributed by atoms with Gasteiger partial charge in [-0.15, -0.1) is 0 Å². The number of aromatic nitrogens is 10. The molecule has 12 rings (SSSR count). The van der Waals surface area contributed by atoms with Crippen LogP contribution in [0.2, 0.25) is 5.15 Å². The summed E-state index contributed by atoms with van der Waals surface area (Å²) in [5, 5.41) is 11.8. The van der Waals surface area contributed by atoms with E-state index >= 15 is 0 Å². The Kier molecular flexibility index (Phi) is 14.0. The Bertz CT molecular complexity index is 3240. The smallest absolute Gasteiger partial charge is 0.410 e. The molecule has 0 radical (unpaired) electrons. The van der Waals surface area contributed by atoms with Crippen molar-refractivity contribution in [3.05, 3.63) is 101 Å². The molecule has 0 aromatic carbocycles. The molecule has 0 saturated heterocycles. The van der Waals surface area contributed by atoms with Crippen molar-refractivity contribution in [2.75, 3.05) is 24.1 Å². The predicted octanol–water partition coefficient (Wildman–Crippen LogP) is 12.0. The van der Waals surface area contributed by atoms with Crippen LogP contribution in [0.1, 0.15) is 146 Å². The fourth-order valence-corrected chi connectivity index (χ4v) is 11.3. The monoisotopic (exact) mass is 991 g/mol. The lowest BCUT2D eigenvalue weighted by atomic mass is 9.87. The first-order valence-electron chi connectivity index (χ1n) is 25.7. The molecule has 0 bridgehead atoms. The summed E-state index contributed by atoms with van der Waals surface area (Å²) in [6, 6.07) is 12.9. The first-order valence-corrected chi connectivity index (χ1v) is 26.1. The van der Waals surface area contributed by atoms with Crippen molar-refractivity contribution in [3.63, 3.8) is 0 Å². The van der Waals surface area contributed by atoms with Gasteiger partial charge in [-0.05, 0) is 119 Å². The summed E-state index contributed by atoms with van der Waals surface area (Å²) in [4.78, 5) is 50.1. The molecule has 2 aliphatic heterocycles. The van der Waals surface area contributed by atoms with Crippen molar-refractivity contribution in [1.29, 1.82) is 0 Å². The maximum Gasteiger partial charge on any atom is 0.410 e. The highest BCUT2D eigenvalue weighted by Crippen LogP contribution is 2.40. The normalized spacial score (nSPS) is 22.1. The van der Waals surface area contributed by atoms with E-state index in [1.54, 1.807) is 11.0 Å². The maximum absolute atomic E-state index is 12.1. The molecule has 1 amide bonds. The lowest BCUT2D eigenvalue weighted by molar-refractivity contribution is 0.0207. The highest BCUT2D eigenvalue weighted by Gasteiger charge is 2.31. The number of nitrogens with one attached hydrogen (secondary N) is 2. The molecule has 8 aromatic heterocycles. The van der Waals surface area contributed by atoms with Crippen LogP contribution in [0, 0.1) is 11.8 Å². The first kappa shape index (κ1) is 49.1. The second-order valence-electron chi connectivity index (χ2n) is 21.6. The number of ether oxygens (including phenoxy) is 1. The van der Waals surface area contributed by atoms with Gasteiger partial charge in [-0.2, -0.15) is 9.97 Å². The van der Waals surface area contributed by atoms with Crippen molar-refractivity contribution in [3.8, 4) is 0 Å². The zero-order valence-corrected chi connectivity index (χ0v) is 43.3. The summed E-state index contributed by atoms with van der Waals surface area (Å²) in [6.45, 7) is 17.5. The number of amides is 1. The van der Waals surface area contributed by atoms with Crippen molar-refractivity contribution in [2.24, 2.45) is 11.8 Å². The van der Waals surface area contributed by atoms with Crippen LogP contribution in [0.15, 0.2) is 73.6 Å². The summed E-state index contributed by atoms with van der Waals surface area (Å²) in [6.07, 6.45) is 20.9. The Hall–Kier alpha value is -6.52. The standard InChI is InChI=1S/C25H29N7.C16H19N5.C14H19ClN2O2/c1-15-3-6-18(7-4-15)32-21-14-26-10-9-19(21)20-13-28-25(31-24(20)32)30-22-8-5-17-12-27-11-16(2)23(17)29-22;1-10-2-4-11(5-3-10)21-14-9-18-7-6-12(14)13-8-19-16(17)20-15(13)21;1-9-7-17(13(18)19-14(2,3)4)8-10-5-6-11(15)16-12(9)10/h5,8-10,13-16,18,27H,3-4,6-7,11-12H2,1-2H3,(H,28,29,30,31);6-11H,2-5H2,1H3,(H2,17,19,20);5-6,9H,7-8H2,1-4H3. The van der Waals surface area contributed by atoms with Crippen LogP contribution in [0.4, 0.5) is 22.5 Å². The van der Waals surface area contributed by atoms with E-state index in [2.05, 4.69) is 82.6 Å². The van der Waals surface area contributed by atoms with Crippen molar-refractivity contribution >= 4 is 79.3 Å². The van der Waals surface area contributed by atoms with Crippen LogP contribution >= 0.6 is 11.6 Å². The molecule has 10 heterocycles. The minimum atomic E-state index is -0.473. The van der Waals surface area contributed by atoms with Crippen molar-refractivity contribution in [1.82, 2.24) is 59.2 Å². The Morgan fingerprint density at radius 3 is 1.90 bits per heavy atom. The molecule has 8 aromatic rings. The van der Waals surface area contributed by atoms with E-state index in [0.29, 0.717) is 48.1 Å². The third kappa shape index (κ3) is 10.4. The molecular formula is C55H67ClN14O2. The van der Waals surface area contributed by atoms with Gasteiger partial charge in [0.25, 0.3) is 0 Å². The third-order valence-corrected chi connectivity index (χ3v) is 15.1. The molecule has 2 atom stereocenters. The van der Waals surface area contributed by atoms with Gasteiger partial charge in [-0.1, -0.05) is 51.4 Å². The summed E-state index contributed by atoms with van der Waals surface area (Å²) < 4.78 is 10.1. The molecular weight excluding hydrogens is 924 g/mol. The Balaban J connectivity index is 0.000000131. The average molecular weight is 992 g/mol. The lowest BCUT2D eigenvalue weighted by Crippen LogP contribution is -2.41. The number of carbonyl (C=O) groups excluding carboxylic acids is 1. The van der Waals surface area contributed by atoms with Crippen LogP contribution < -0.4 is 16.4 Å². The van der Waals surface area contributed by atoms with Gasteiger partial charge < -0.3 is 35.1 Å². The number of pyridine rings is 4. The van der Waals surface area contributed by atoms with Gasteiger partial charge in [-0.25, -0.2) is 24.7 Å². The van der Waals surface area contributed by atoms with E-state index < -0.39 is 5.60 Å². The number of hydrogen-bond acceptors (Lipinski definition) is 13. The van der Waals surface area contributed by atoms with E-state index in [1.807, 2.05) is 83.1 Å². The second-order valence-corrected chi connectivity index (χ2v) is 22.0. The number of fused-ring (bicyclic) bond motifs is 8. The fraction of sp³-hybridized carbons (Fsp3) is 0.473. The summed E-state index contributed by atoms with van der Waals surface area (Å²) in [5.41, 5.74) is 14.0. The highest BCUT2D eigenvalue weighted by atomic mass is 35.5. The molecule has 4 N–H and O–H groups in total. The molecule has 72 heavy (non-hydrogen) atoms. The predicted molar refractivity (Wildman–Crippen MR) is 285 cm³/mol. The first-order chi connectivity index (χ1) is 34.7. The molecule has 17 heteroatoms. The minimum absolute atomic E-state index is 0.162. The molecule has 4 aliphatic rings. The van der Waals surface area contributed by atoms with Crippen LogP contribution in [-0.4, -0.2) is 78.7 Å². The maximum atomic E-state index is 12.1. The number of hydrogen-bond donors (Lipinski definition) is 3. The van der Waals surface area contributed by atoms with Gasteiger partial charge >= 0.3 is 6.09 Å². The van der Waals surface area contributed by atoms with Crippen molar-refractivity contribution < 1.29 is 9.53 Å². The van der Waals surface area contributed by atoms with Crippen LogP contribution in [0.25, 0.3) is 43.9 Å². The molecule has 2 fully saturated rings. The highest BCUT2D eigenvalue weighted by molar-refractivity contribution is 6.29. The van der Waals surface area contributed by atoms with E-state index in [4.69, 9.17) is 32.0 Å². The number of nitrogens with zero attached hydrogens (tertiary/aromatic N) is 11. The zero-order valence-electron chi connectivity index (χ0n) is 42.6. The van der Waals surface area contributed by atoms with E-state index in [0.717, 1.165) is 80.8 Å². The molecule has 2 unspecified atom stereocenters.